The normalized spacial score (nSPS) is 17.4. The van der Waals surface area contributed by atoms with Gasteiger partial charge in [0.05, 0.1) is 34.3 Å². The number of aryl methyl sites for hydroxylation is 1. The average molecular weight is 356 g/mol. The zero-order chi connectivity index (χ0) is 16.6. The lowest BCUT2D eigenvalue weighted by atomic mass is 10.0. The number of hydrogen-bond acceptors (Lipinski definition) is 2. The molecular weight excluding hydrogens is 337 g/mol. The van der Waals surface area contributed by atoms with Crippen LogP contribution in [0.1, 0.15) is 43.5 Å². The Balaban J connectivity index is 2.27. The lowest BCUT2D eigenvalue weighted by Gasteiger charge is -2.25. The van der Waals surface area contributed by atoms with Crippen molar-refractivity contribution in [3.63, 3.8) is 0 Å². The lowest BCUT2D eigenvalue weighted by molar-refractivity contribution is -0.140. The second-order valence-corrected chi connectivity index (χ2v) is 6.64. The van der Waals surface area contributed by atoms with Crippen LogP contribution in [0.25, 0.3) is 10.9 Å². The zero-order valence-electron chi connectivity index (χ0n) is 12.9. The second kappa shape index (κ2) is 6.71. The number of rotatable bonds is 5. The number of fused-ring (bicyclic) bond motifs is 3. The topological polar surface area (TPSA) is 51.5 Å². The molecule has 6 heteroatoms. The van der Waals surface area contributed by atoms with E-state index in [4.69, 9.17) is 27.9 Å². The van der Waals surface area contributed by atoms with Gasteiger partial charge in [0, 0.05) is 11.9 Å². The summed E-state index contributed by atoms with van der Waals surface area (Å²) in [4.78, 5) is 11.2. The average Bonchev–Trinajstić information content (AvgIpc) is 2.85. The SMILES string of the molecule is CCCCn1c2c(c3c(Cl)ccc(Cl)c31)CCOC2CC(=O)O. The summed E-state index contributed by atoms with van der Waals surface area (Å²) >= 11 is 12.9. The summed E-state index contributed by atoms with van der Waals surface area (Å²) < 4.78 is 7.88. The number of aliphatic carboxylic acids is 1. The molecule has 124 valence electrons. The maximum Gasteiger partial charge on any atom is 0.306 e. The van der Waals surface area contributed by atoms with E-state index in [2.05, 4.69) is 11.5 Å². The third-order valence-electron chi connectivity index (χ3n) is 4.32. The van der Waals surface area contributed by atoms with E-state index in [9.17, 15) is 9.90 Å². The second-order valence-electron chi connectivity index (χ2n) is 5.83. The van der Waals surface area contributed by atoms with Crippen LogP contribution in [0.15, 0.2) is 12.1 Å². The molecule has 0 spiro atoms. The number of carboxylic acid groups (broad SMARTS) is 1. The van der Waals surface area contributed by atoms with E-state index >= 15 is 0 Å². The van der Waals surface area contributed by atoms with E-state index in [-0.39, 0.29) is 6.42 Å². The minimum absolute atomic E-state index is 0.0509. The first-order valence-corrected chi connectivity index (χ1v) is 8.62. The van der Waals surface area contributed by atoms with Crippen molar-refractivity contribution in [3.8, 4) is 0 Å². The first-order valence-electron chi connectivity index (χ1n) is 7.87. The number of aromatic nitrogens is 1. The van der Waals surface area contributed by atoms with Gasteiger partial charge in [-0.2, -0.15) is 0 Å². The van der Waals surface area contributed by atoms with Crippen LogP contribution in [-0.4, -0.2) is 22.2 Å². The van der Waals surface area contributed by atoms with Crippen molar-refractivity contribution in [3.05, 3.63) is 33.4 Å². The van der Waals surface area contributed by atoms with Gasteiger partial charge in [0.2, 0.25) is 0 Å². The van der Waals surface area contributed by atoms with Crippen LogP contribution in [0.5, 0.6) is 0 Å². The summed E-state index contributed by atoms with van der Waals surface area (Å²) in [5, 5.41) is 11.5. The van der Waals surface area contributed by atoms with Gasteiger partial charge in [-0.15, -0.1) is 0 Å². The fourth-order valence-corrected chi connectivity index (χ4v) is 3.90. The number of halogens is 2. The Hall–Kier alpha value is -1.23. The number of carboxylic acids is 1. The van der Waals surface area contributed by atoms with Crippen molar-refractivity contribution in [2.45, 2.75) is 45.3 Å². The molecule has 0 fully saturated rings. The molecule has 0 radical (unpaired) electrons. The van der Waals surface area contributed by atoms with Gasteiger partial charge in [-0.05, 0) is 30.5 Å². The highest BCUT2D eigenvalue weighted by atomic mass is 35.5. The van der Waals surface area contributed by atoms with Gasteiger partial charge in [-0.3, -0.25) is 4.79 Å². The van der Waals surface area contributed by atoms with Gasteiger partial charge in [0.25, 0.3) is 0 Å². The van der Waals surface area contributed by atoms with Crippen LogP contribution in [0.3, 0.4) is 0 Å². The number of carbonyl (C=O) groups is 1. The molecule has 0 aliphatic carbocycles. The highest BCUT2D eigenvalue weighted by Gasteiger charge is 2.31. The summed E-state index contributed by atoms with van der Waals surface area (Å²) in [5.74, 6) is -0.868. The van der Waals surface area contributed by atoms with Crippen LogP contribution in [0, 0.1) is 0 Å². The zero-order valence-corrected chi connectivity index (χ0v) is 14.5. The molecule has 0 bridgehead atoms. The molecule has 2 heterocycles. The Morgan fingerprint density at radius 3 is 2.83 bits per heavy atom. The van der Waals surface area contributed by atoms with Crippen molar-refractivity contribution in [2.75, 3.05) is 6.61 Å². The first-order chi connectivity index (χ1) is 11.0. The third-order valence-corrected chi connectivity index (χ3v) is 4.94. The van der Waals surface area contributed by atoms with E-state index in [1.54, 1.807) is 12.1 Å². The Labute approximate surface area is 144 Å². The molecule has 1 N–H and O–H groups in total. The molecule has 1 aliphatic rings. The first kappa shape index (κ1) is 16.6. The van der Waals surface area contributed by atoms with E-state index in [0.717, 1.165) is 48.0 Å². The van der Waals surface area contributed by atoms with E-state index in [1.807, 2.05) is 0 Å². The third kappa shape index (κ3) is 2.95. The largest absolute Gasteiger partial charge is 0.481 e. The van der Waals surface area contributed by atoms with Crippen molar-refractivity contribution in [1.82, 2.24) is 4.57 Å². The summed E-state index contributed by atoms with van der Waals surface area (Å²) in [6.07, 6.45) is 2.24. The lowest BCUT2D eigenvalue weighted by Crippen LogP contribution is -2.21. The number of unbranched alkanes of at least 4 members (excludes halogenated alkanes) is 1. The summed E-state index contributed by atoms with van der Waals surface area (Å²) in [5.41, 5.74) is 2.91. The van der Waals surface area contributed by atoms with Gasteiger partial charge in [-0.25, -0.2) is 0 Å². The summed E-state index contributed by atoms with van der Waals surface area (Å²) in [6.45, 7) is 3.40. The fraction of sp³-hybridized carbons (Fsp3) is 0.471. The van der Waals surface area contributed by atoms with Crippen molar-refractivity contribution < 1.29 is 14.6 Å². The van der Waals surface area contributed by atoms with Crippen molar-refractivity contribution >= 4 is 40.1 Å². The molecule has 2 aromatic rings. The molecule has 1 atom stereocenters. The van der Waals surface area contributed by atoms with Crippen LogP contribution >= 0.6 is 23.2 Å². The molecule has 0 saturated heterocycles. The maximum absolute atomic E-state index is 11.2. The van der Waals surface area contributed by atoms with Crippen LogP contribution in [0.4, 0.5) is 0 Å². The molecular formula is C17H19Cl2NO3. The van der Waals surface area contributed by atoms with Gasteiger partial charge < -0.3 is 14.4 Å². The minimum atomic E-state index is -0.868. The van der Waals surface area contributed by atoms with Gasteiger partial charge in [0.1, 0.15) is 6.10 Å². The molecule has 0 saturated carbocycles. The van der Waals surface area contributed by atoms with Crippen molar-refractivity contribution in [1.29, 1.82) is 0 Å². The number of hydrogen-bond donors (Lipinski definition) is 1. The molecule has 1 unspecified atom stereocenters. The fourth-order valence-electron chi connectivity index (χ4n) is 3.37. The molecule has 1 aromatic carbocycles. The Kier molecular flexibility index (Phi) is 4.85. The van der Waals surface area contributed by atoms with Crippen LogP contribution in [-0.2, 0) is 22.5 Å². The van der Waals surface area contributed by atoms with E-state index < -0.39 is 12.1 Å². The minimum Gasteiger partial charge on any atom is -0.481 e. The van der Waals surface area contributed by atoms with Crippen LogP contribution in [0.2, 0.25) is 10.0 Å². The molecule has 1 aromatic heterocycles. The maximum atomic E-state index is 11.2. The molecule has 3 rings (SSSR count). The van der Waals surface area contributed by atoms with Crippen LogP contribution < -0.4 is 0 Å². The Morgan fingerprint density at radius 2 is 2.13 bits per heavy atom. The smallest absolute Gasteiger partial charge is 0.306 e. The predicted molar refractivity (Wildman–Crippen MR) is 91.5 cm³/mol. The molecule has 23 heavy (non-hydrogen) atoms. The number of nitrogens with zero attached hydrogens (tertiary/aromatic N) is 1. The highest BCUT2D eigenvalue weighted by molar-refractivity contribution is 6.40. The number of ether oxygens (including phenoxy) is 1. The highest BCUT2D eigenvalue weighted by Crippen LogP contribution is 2.42. The summed E-state index contributed by atoms with van der Waals surface area (Å²) in [7, 11) is 0. The monoisotopic (exact) mass is 355 g/mol. The van der Waals surface area contributed by atoms with E-state index in [0.29, 0.717) is 16.7 Å². The van der Waals surface area contributed by atoms with Gasteiger partial charge in [0.15, 0.2) is 0 Å². The molecule has 0 amide bonds. The molecule has 1 aliphatic heterocycles. The molecule has 4 nitrogen and oxygen atoms in total. The van der Waals surface area contributed by atoms with Gasteiger partial charge in [-0.1, -0.05) is 36.5 Å². The van der Waals surface area contributed by atoms with E-state index in [1.165, 1.54) is 0 Å². The van der Waals surface area contributed by atoms with Crippen molar-refractivity contribution in [2.24, 2.45) is 0 Å². The number of benzene rings is 1. The predicted octanol–water partition coefficient (Wildman–Crippen LogP) is 4.84. The Bertz CT molecular complexity index is 754. The van der Waals surface area contributed by atoms with Gasteiger partial charge >= 0.3 is 5.97 Å². The quantitative estimate of drug-likeness (QED) is 0.834. The standard InChI is InChI=1S/C17H19Cl2NO3/c1-2-3-7-20-16-10(6-8-23-13(16)9-14(21)22)15-11(18)4-5-12(19)17(15)20/h4-5,13H,2-3,6-9H2,1H3,(H,21,22). The Morgan fingerprint density at radius 1 is 1.39 bits per heavy atom. The summed E-state index contributed by atoms with van der Waals surface area (Å²) in [6, 6.07) is 3.60.